The SMILES string of the molecule is COc1ccc(COc2ccc3c(oc(=O)c4ccccc43)c2C)cc1. The summed E-state index contributed by atoms with van der Waals surface area (Å²) in [7, 11) is 1.64. The highest BCUT2D eigenvalue weighted by Crippen LogP contribution is 2.31. The molecule has 0 bridgehead atoms. The number of fused-ring (bicyclic) bond motifs is 3. The van der Waals surface area contributed by atoms with Gasteiger partial charge in [0.2, 0.25) is 0 Å². The summed E-state index contributed by atoms with van der Waals surface area (Å²) in [4.78, 5) is 12.3. The number of aryl methyl sites for hydroxylation is 1. The van der Waals surface area contributed by atoms with Gasteiger partial charge in [0.1, 0.15) is 23.7 Å². The van der Waals surface area contributed by atoms with Crippen LogP contribution in [-0.4, -0.2) is 7.11 Å². The lowest BCUT2D eigenvalue weighted by atomic mass is 10.0. The van der Waals surface area contributed by atoms with Crippen LogP contribution in [0.3, 0.4) is 0 Å². The van der Waals surface area contributed by atoms with Crippen LogP contribution in [0.4, 0.5) is 0 Å². The summed E-state index contributed by atoms with van der Waals surface area (Å²) in [6.45, 7) is 2.33. The summed E-state index contributed by atoms with van der Waals surface area (Å²) in [6, 6.07) is 19.1. The molecule has 0 aliphatic heterocycles. The van der Waals surface area contributed by atoms with E-state index in [0.29, 0.717) is 23.3 Å². The van der Waals surface area contributed by atoms with Gasteiger partial charge in [-0.25, -0.2) is 4.79 Å². The van der Waals surface area contributed by atoms with E-state index in [1.165, 1.54) is 0 Å². The first-order chi connectivity index (χ1) is 12.7. The third-order valence-electron chi connectivity index (χ3n) is 4.54. The van der Waals surface area contributed by atoms with Crippen LogP contribution >= 0.6 is 0 Å². The molecule has 0 N–H and O–H groups in total. The fourth-order valence-corrected chi connectivity index (χ4v) is 3.10. The third kappa shape index (κ3) is 2.80. The van der Waals surface area contributed by atoms with Gasteiger partial charge in [-0.05, 0) is 48.2 Å². The highest BCUT2D eigenvalue weighted by atomic mass is 16.5. The van der Waals surface area contributed by atoms with Crippen LogP contribution < -0.4 is 15.1 Å². The van der Waals surface area contributed by atoms with Crippen LogP contribution in [0.25, 0.3) is 21.7 Å². The van der Waals surface area contributed by atoms with Crippen molar-refractivity contribution in [3.63, 3.8) is 0 Å². The minimum atomic E-state index is -0.330. The van der Waals surface area contributed by atoms with Crippen molar-refractivity contribution in [3.05, 3.63) is 82.2 Å². The quantitative estimate of drug-likeness (QED) is 0.392. The molecule has 0 saturated carbocycles. The molecule has 1 aromatic heterocycles. The smallest absolute Gasteiger partial charge is 0.344 e. The lowest BCUT2D eigenvalue weighted by Gasteiger charge is -2.12. The molecule has 0 radical (unpaired) electrons. The van der Waals surface area contributed by atoms with Crippen molar-refractivity contribution in [1.29, 1.82) is 0 Å². The topological polar surface area (TPSA) is 48.7 Å². The Hall–Kier alpha value is -3.27. The molecular weight excluding hydrogens is 328 g/mol. The van der Waals surface area contributed by atoms with E-state index in [1.54, 1.807) is 13.2 Å². The Bertz CT molecular complexity index is 1140. The molecule has 0 aliphatic carbocycles. The van der Waals surface area contributed by atoms with Gasteiger partial charge in [-0.2, -0.15) is 0 Å². The third-order valence-corrected chi connectivity index (χ3v) is 4.54. The van der Waals surface area contributed by atoms with Crippen LogP contribution in [0.5, 0.6) is 11.5 Å². The van der Waals surface area contributed by atoms with E-state index < -0.39 is 0 Å². The van der Waals surface area contributed by atoms with Gasteiger partial charge >= 0.3 is 5.63 Å². The number of hydrogen-bond donors (Lipinski definition) is 0. The normalized spacial score (nSPS) is 11.0. The van der Waals surface area contributed by atoms with Crippen LogP contribution in [0, 0.1) is 6.92 Å². The van der Waals surface area contributed by atoms with E-state index in [4.69, 9.17) is 13.9 Å². The Morgan fingerprint density at radius 2 is 1.62 bits per heavy atom. The zero-order chi connectivity index (χ0) is 18.1. The summed E-state index contributed by atoms with van der Waals surface area (Å²) in [6.07, 6.45) is 0. The molecule has 26 heavy (non-hydrogen) atoms. The molecular formula is C22H18O4. The minimum absolute atomic E-state index is 0.330. The molecule has 1 heterocycles. The highest BCUT2D eigenvalue weighted by Gasteiger charge is 2.12. The summed E-state index contributed by atoms with van der Waals surface area (Å²) in [5.74, 6) is 1.51. The predicted molar refractivity (Wildman–Crippen MR) is 102 cm³/mol. The second kappa shape index (κ2) is 6.56. The van der Waals surface area contributed by atoms with Crippen LogP contribution in [0.1, 0.15) is 11.1 Å². The maximum absolute atomic E-state index is 12.3. The van der Waals surface area contributed by atoms with Gasteiger partial charge in [-0.1, -0.05) is 30.3 Å². The lowest BCUT2D eigenvalue weighted by molar-refractivity contribution is 0.303. The van der Waals surface area contributed by atoms with E-state index in [-0.39, 0.29) is 5.63 Å². The van der Waals surface area contributed by atoms with Crippen molar-refractivity contribution in [2.24, 2.45) is 0 Å². The molecule has 3 aromatic carbocycles. The number of methoxy groups -OCH3 is 1. The number of hydrogen-bond acceptors (Lipinski definition) is 4. The van der Waals surface area contributed by atoms with Gasteiger partial charge in [0, 0.05) is 10.9 Å². The molecule has 0 aliphatic rings. The number of ether oxygens (including phenoxy) is 2. The van der Waals surface area contributed by atoms with Crippen molar-refractivity contribution < 1.29 is 13.9 Å². The van der Waals surface area contributed by atoms with Gasteiger partial charge in [0.15, 0.2) is 0 Å². The molecule has 4 nitrogen and oxygen atoms in total. The molecule has 0 spiro atoms. The summed E-state index contributed by atoms with van der Waals surface area (Å²) in [5, 5.41) is 2.39. The molecule has 4 heteroatoms. The van der Waals surface area contributed by atoms with Crippen molar-refractivity contribution in [2.45, 2.75) is 13.5 Å². The van der Waals surface area contributed by atoms with Gasteiger partial charge in [0.05, 0.1) is 12.5 Å². The molecule has 4 rings (SSSR count). The zero-order valence-corrected chi connectivity index (χ0v) is 14.6. The van der Waals surface area contributed by atoms with Crippen molar-refractivity contribution in [1.82, 2.24) is 0 Å². The summed E-state index contributed by atoms with van der Waals surface area (Å²) >= 11 is 0. The van der Waals surface area contributed by atoms with Crippen molar-refractivity contribution >= 4 is 21.7 Å². The van der Waals surface area contributed by atoms with E-state index in [2.05, 4.69) is 0 Å². The van der Waals surface area contributed by atoms with Crippen molar-refractivity contribution in [3.8, 4) is 11.5 Å². The zero-order valence-electron chi connectivity index (χ0n) is 14.6. The van der Waals surface area contributed by atoms with Crippen LogP contribution in [0.15, 0.2) is 69.9 Å². The molecule has 0 amide bonds. The Morgan fingerprint density at radius 3 is 2.35 bits per heavy atom. The first-order valence-electron chi connectivity index (χ1n) is 8.38. The maximum Gasteiger partial charge on any atom is 0.344 e. The molecule has 0 saturated heterocycles. The van der Waals surface area contributed by atoms with E-state index in [1.807, 2.05) is 61.5 Å². The Labute approximate surface area is 150 Å². The number of benzene rings is 3. The second-order valence-corrected chi connectivity index (χ2v) is 6.14. The molecule has 0 fully saturated rings. The predicted octanol–water partition coefficient (Wildman–Crippen LogP) is 4.84. The molecule has 130 valence electrons. The fourth-order valence-electron chi connectivity index (χ4n) is 3.10. The average molecular weight is 346 g/mol. The molecule has 0 atom stereocenters. The number of rotatable bonds is 4. The van der Waals surface area contributed by atoms with Gasteiger partial charge < -0.3 is 13.9 Å². The maximum atomic E-state index is 12.3. The Balaban J connectivity index is 1.71. The first-order valence-corrected chi connectivity index (χ1v) is 8.38. The highest BCUT2D eigenvalue weighted by molar-refractivity contribution is 6.05. The Morgan fingerprint density at radius 1 is 0.885 bits per heavy atom. The monoisotopic (exact) mass is 346 g/mol. The Kier molecular flexibility index (Phi) is 4.09. The second-order valence-electron chi connectivity index (χ2n) is 6.14. The largest absolute Gasteiger partial charge is 0.497 e. The van der Waals surface area contributed by atoms with Gasteiger partial charge in [0.25, 0.3) is 0 Å². The molecule has 4 aromatic rings. The fraction of sp³-hybridized carbons (Fsp3) is 0.136. The van der Waals surface area contributed by atoms with Crippen LogP contribution in [0.2, 0.25) is 0 Å². The first kappa shape index (κ1) is 16.2. The van der Waals surface area contributed by atoms with Gasteiger partial charge in [-0.3, -0.25) is 0 Å². The average Bonchev–Trinajstić information content (AvgIpc) is 2.69. The standard InChI is InChI=1S/C22H18O4/c1-14-20(25-13-15-7-9-16(24-2)10-8-15)12-11-18-17-5-3-4-6-19(17)22(23)26-21(14)18/h3-12H,13H2,1-2H3. The minimum Gasteiger partial charge on any atom is -0.497 e. The van der Waals surface area contributed by atoms with Crippen LogP contribution in [-0.2, 0) is 6.61 Å². The van der Waals surface area contributed by atoms with Gasteiger partial charge in [-0.15, -0.1) is 0 Å². The summed E-state index contributed by atoms with van der Waals surface area (Å²) < 4.78 is 16.7. The lowest BCUT2D eigenvalue weighted by Crippen LogP contribution is -2.02. The summed E-state index contributed by atoms with van der Waals surface area (Å²) in [5.41, 5.74) is 2.09. The van der Waals surface area contributed by atoms with E-state index in [9.17, 15) is 4.79 Å². The van der Waals surface area contributed by atoms with E-state index in [0.717, 1.165) is 27.6 Å². The molecule has 0 unspecified atom stereocenters. The van der Waals surface area contributed by atoms with E-state index >= 15 is 0 Å². The van der Waals surface area contributed by atoms with Crippen molar-refractivity contribution in [2.75, 3.05) is 7.11 Å².